The zero-order valence-corrected chi connectivity index (χ0v) is 13.5. The largest absolute Gasteiger partial charge is 0.491 e. The molecule has 3 heteroatoms. The lowest BCUT2D eigenvalue weighted by atomic mass is 9.98. The maximum Gasteiger partial charge on any atom is 0.117 e. The number of ether oxygens (including phenoxy) is 2. The van der Waals surface area contributed by atoms with Gasteiger partial charge in [0.25, 0.3) is 0 Å². The highest BCUT2D eigenvalue weighted by molar-refractivity contribution is 5.53. The van der Waals surface area contributed by atoms with Gasteiger partial charge >= 0.3 is 0 Å². The lowest BCUT2D eigenvalue weighted by Crippen LogP contribution is -2.00. The Morgan fingerprint density at radius 3 is 2.35 bits per heavy atom. The average molecular weight is 307 g/mol. The quantitative estimate of drug-likeness (QED) is 0.737. The van der Waals surface area contributed by atoms with Gasteiger partial charge in [0, 0.05) is 5.57 Å². The van der Waals surface area contributed by atoms with Crippen molar-refractivity contribution in [3.63, 3.8) is 0 Å². The van der Waals surface area contributed by atoms with Crippen LogP contribution in [0.25, 0.3) is 0 Å². The van der Waals surface area contributed by atoms with E-state index in [0.29, 0.717) is 12.2 Å². The van der Waals surface area contributed by atoms with Gasteiger partial charge < -0.3 is 9.47 Å². The lowest BCUT2D eigenvalue weighted by Gasteiger charge is -2.06. The minimum absolute atomic E-state index is 0.234. The first kappa shape index (κ1) is 15.6. The number of nitriles is 1. The van der Waals surface area contributed by atoms with Crippen molar-refractivity contribution in [3.8, 4) is 6.07 Å². The maximum atomic E-state index is 9.10. The fourth-order valence-corrected chi connectivity index (χ4v) is 2.69. The Morgan fingerprint density at radius 2 is 1.70 bits per heavy atom. The molecule has 2 aliphatic carbocycles. The fourth-order valence-electron chi connectivity index (χ4n) is 2.69. The molecule has 1 aliphatic heterocycles. The van der Waals surface area contributed by atoms with Crippen molar-refractivity contribution in [2.75, 3.05) is 13.2 Å². The zero-order valence-electron chi connectivity index (χ0n) is 13.5. The summed E-state index contributed by atoms with van der Waals surface area (Å²) in [5.74, 6) is 1.41. The van der Waals surface area contributed by atoms with Crippen molar-refractivity contribution in [1.29, 1.82) is 5.26 Å². The molecule has 23 heavy (non-hydrogen) atoms. The molecule has 3 unspecified atom stereocenters. The first-order valence-corrected chi connectivity index (χ1v) is 8.02. The molecule has 0 aromatic heterocycles. The normalized spacial score (nSPS) is 29.3. The van der Waals surface area contributed by atoms with Crippen LogP contribution in [-0.2, 0) is 9.47 Å². The van der Waals surface area contributed by atoms with Crippen LogP contribution in [0.15, 0.2) is 71.1 Å². The van der Waals surface area contributed by atoms with E-state index in [1.807, 2.05) is 24.3 Å². The molecule has 3 aliphatic rings. The van der Waals surface area contributed by atoms with Crippen LogP contribution in [0.2, 0.25) is 0 Å². The molecule has 1 saturated heterocycles. The molecule has 0 saturated carbocycles. The third-order valence-corrected chi connectivity index (χ3v) is 3.92. The fraction of sp³-hybridized carbons (Fsp3) is 0.350. The van der Waals surface area contributed by atoms with E-state index < -0.39 is 0 Å². The second-order valence-corrected chi connectivity index (χ2v) is 6.20. The molecule has 1 heterocycles. The molecular weight excluding hydrogens is 286 g/mol. The van der Waals surface area contributed by atoms with Crippen LogP contribution in [0, 0.1) is 23.2 Å². The van der Waals surface area contributed by atoms with E-state index in [1.165, 1.54) is 0 Å². The minimum Gasteiger partial charge on any atom is -0.491 e. The Bertz CT molecular complexity index is 694. The summed E-state index contributed by atoms with van der Waals surface area (Å²) in [6, 6.07) is 2.22. The third kappa shape index (κ3) is 4.34. The summed E-state index contributed by atoms with van der Waals surface area (Å²) in [5, 5.41) is 9.10. The van der Waals surface area contributed by atoms with Gasteiger partial charge in [0.2, 0.25) is 0 Å². The highest BCUT2D eigenvalue weighted by Gasteiger charge is 2.23. The molecule has 0 spiro atoms. The van der Waals surface area contributed by atoms with Crippen LogP contribution < -0.4 is 0 Å². The highest BCUT2D eigenvalue weighted by Crippen LogP contribution is 2.26. The minimum atomic E-state index is 0.234. The topological polar surface area (TPSA) is 45.5 Å². The van der Waals surface area contributed by atoms with Crippen molar-refractivity contribution < 1.29 is 9.47 Å². The monoisotopic (exact) mass is 307 g/mol. The summed E-state index contributed by atoms with van der Waals surface area (Å²) < 4.78 is 11.0. The summed E-state index contributed by atoms with van der Waals surface area (Å²) >= 11 is 0. The van der Waals surface area contributed by atoms with Crippen LogP contribution in [0.3, 0.4) is 0 Å². The van der Waals surface area contributed by atoms with Gasteiger partial charge in [-0.3, -0.25) is 0 Å². The van der Waals surface area contributed by atoms with Gasteiger partial charge in [-0.15, -0.1) is 0 Å². The predicted octanol–water partition coefficient (Wildman–Crippen LogP) is 4.00. The summed E-state index contributed by atoms with van der Waals surface area (Å²) in [6.07, 6.45) is 16.8. The Labute approximate surface area is 137 Å². The molecule has 3 nitrogen and oxygen atoms in total. The molecule has 0 N–H and O–H groups in total. The number of epoxide rings is 1. The van der Waals surface area contributed by atoms with Gasteiger partial charge in [0.1, 0.15) is 18.5 Å². The van der Waals surface area contributed by atoms with E-state index in [9.17, 15) is 0 Å². The van der Waals surface area contributed by atoms with Gasteiger partial charge in [0.05, 0.1) is 12.7 Å². The summed E-state index contributed by atoms with van der Waals surface area (Å²) in [7, 11) is 0. The summed E-state index contributed by atoms with van der Waals surface area (Å²) in [4.78, 5) is 0. The van der Waals surface area contributed by atoms with Crippen molar-refractivity contribution in [2.24, 2.45) is 11.8 Å². The van der Waals surface area contributed by atoms with Crippen LogP contribution in [0.4, 0.5) is 0 Å². The maximum absolute atomic E-state index is 9.10. The predicted molar refractivity (Wildman–Crippen MR) is 90.2 cm³/mol. The molecular formula is C20H21NO2. The highest BCUT2D eigenvalue weighted by atomic mass is 16.6. The summed E-state index contributed by atoms with van der Waals surface area (Å²) in [6.45, 7) is 5.66. The molecule has 0 aromatic rings. The molecule has 0 aromatic carbocycles. The van der Waals surface area contributed by atoms with E-state index in [2.05, 4.69) is 44.2 Å². The van der Waals surface area contributed by atoms with Crippen molar-refractivity contribution in [1.82, 2.24) is 0 Å². The Kier molecular flexibility index (Phi) is 4.64. The van der Waals surface area contributed by atoms with Gasteiger partial charge in [-0.2, -0.15) is 5.26 Å². The number of rotatable bonds is 4. The smallest absolute Gasteiger partial charge is 0.117 e. The number of nitrogens with zero attached hydrogens (tertiary/aromatic N) is 1. The Balaban J connectivity index is 1.76. The van der Waals surface area contributed by atoms with Crippen molar-refractivity contribution in [3.05, 3.63) is 71.1 Å². The van der Waals surface area contributed by atoms with Crippen LogP contribution in [-0.4, -0.2) is 19.3 Å². The van der Waals surface area contributed by atoms with E-state index >= 15 is 0 Å². The SMILES string of the molecule is CC1C=C(C#N)C=CC(C2=CC(C)C=C(OCC3CO3)C=C2)=C1. The van der Waals surface area contributed by atoms with Crippen LogP contribution in [0.5, 0.6) is 0 Å². The van der Waals surface area contributed by atoms with Gasteiger partial charge in [-0.25, -0.2) is 0 Å². The van der Waals surface area contributed by atoms with Gasteiger partial charge in [-0.05, 0) is 41.2 Å². The van der Waals surface area contributed by atoms with Crippen molar-refractivity contribution in [2.45, 2.75) is 20.0 Å². The van der Waals surface area contributed by atoms with E-state index in [4.69, 9.17) is 14.7 Å². The van der Waals surface area contributed by atoms with Crippen LogP contribution >= 0.6 is 0 Å². The molecule has 1 fully saturated rings. The lowest BCUT2D eigenvalue weighted by molar-refractivity contribution is 0.191. The van der Waals surface area contributed by atoms with Gasteiger partial charge in [-0.1, -0.05) is 44.2 Å². The number of hydrogen-bond acceptors (Lipinski definition) is 3. The van der Waals surface area contributed by atoms with Crippen molar-refractivity contribution >= 4 is 0 Å². The first-order chi connectivity index (χ1) is 11.1. The van der Waals surface area contributed by atoms with Gasteiger partial charge in [0.15, 0.2) is 0 Å². The molecule has 3 atom stereocenters. The molecule has 0 bridgehead atoms. The zero-order chi connectivity index (χ0) is 16.2. The molecule has 118 valence electrons. The standard InChI is InChI=1S/C20H21NO2/c1-14-7-16(11-21)3-4-17(8-14)18-5-6-19(10-15(2)9-18)22-12-20-13-23-20/h3-10,14-15,20H,12-13H2,1-2H3. The van der Waals surface area contributed by atoms with E-state index in [1.54, 1.807) is 0 Å². The molecule has 3 rings (SSSR count). The average Bonchev–Trinajstić information content (AvgIpc) is 3.35. The Morgan fingerprint density at radius 1 is 1.04 bits per heavy atom. The molecule has 0 amide bonds. The third-order valence-electron chi connectivity index (χ3n) is 3.92. The van der Waals surface area contributed by atoms with E-state index in [0.717, 1.165) is 23.5 Å². The number of hydrogen-bond donors (Lipinski definition) is 0. The second kappa shape index (κ2) is 6.85. The first-order valence-electron chi connectivity index (χ1n) is 8.02. The van der Waals surface area contributed by atoms with E-state index in [-0.39, 0.29) is 17.9 Å². The second-order valence-electron chi connectivity index (χ2n) is 6.20. The number of allylic oxidation sites excluding steroid dienone is 11. The Hall–Kier alpha value is -2.31. The summed E-state index contributed by atoms with van der Waals surface area (Å²) in [5.41, 5.74) is 3.01. The molecule has 0 radical (unpaired) electrons. The van der Waals surface area contributed by atoms with Crippen LogP contribution in [0.1, 0.15) is 13.8 Å².